The van der Waals surface area contributed by atoms with E-state index in [4.69, 9.17) is 0 Å². The maximum absolute atomic E-state index is 12.4. The van der Waals surface area contributed by atoms with Gasteiger partial charge in [0.2, 0.25) is 5.91 Å². The largest absolute Gasteiger partial charge is 0.545 e. The van der Waals surface area contributed by atoms with Crippen molar-refractivity contribution in [1.82, 2.24) is 0 Å². The Balaban J connectivity index is 2.17. The smallest absolute Gasteiger partial charge is 0.257 e. The Labute approximate surface area is 139 Å². The number of para-hydroxylation sites is 1. The van der Waals surface area contributed by atoms with Crippen LogP contribution < -0.4 is 15.7 Å². The molecule has 0 bridgehead atoms. The Hall–Kier alpha value is -3.15. The van der Waals surface area contributed by atoms with Gasteiger partial charge in [-0.15, -0.1) is 0 Å². The average molecular weight is 325 g/mol. The Morgan fingerprint density at radius 1 is 0.917 bits per heavy atom. The van der Waals surface area contributed by atoms with E-state index < -0.39 is 11.9 Å². The second kappa shape index (κ2) is 7.41. The van der Waals surface area contributed by atoms with Crippen molar-refractivity contribution in [2.75, 3.05) is 10.6 Å². The van der Waals surface area contributed by atoms with Crippen molar-refractivity contribution in [3.63, 3.8) is 0 Å². The molecule has 2 amide bonds. The van der Waals surface area contributed by atoms with E-state index in [2.05, 4.69) is 10.6 Å². The van der Waals surface area contributed by atoms with Crippen LogP contribution in [0.5, 0.6) is 0 Å². The molecule has 2 aromatic carbocycles. The van der Waals surface area contributed by atoms with Crippen molar-refractivity contribution < 1.29 is 19.5 Å². The van der Waals surface area contributed by atoms with Crippen LogP contribution in [-0.2, 0) is 4.79 Å². The van der Waals surface area contributed by atoms with E-state index in [9.17, 15) is 19.5 Å². The van der Waals surface area contributed by atoms with Gasteiger partial charge in [-0.05, 0) is 29.8 Å². The van der Waals surface area contributed by atoms with Gasteiger partial charge in [0.1, 0.15) is 0 Å². The minimum absolute atomic E-state index is 0.0256. The molecular formula is C18H17N2O4-. The van der Waals surface area contributed by atoms with Crippen molar-refractivity contribution in [3.8, 4) is 0 Å². The van der Waals surface area contributed by atoms with Crippen LogP contribution in [0.1, 0.15) is 34.6 Å². The first-order valence-corrected chi connectivity index (χ1v) is 7.41. The highest BCUT2D eigenvalue weighted by Gasteiger charge is 2.14. The number of carboxylic acid groups (broad SMARTS) is 1. The highest BCUT2D eigenvalue weighted by atomic mass is 16.4. The maximum Gasteiger partial charge on any atom is 0.257 e. The zero-order valence-electron chi connectivity index (χ0n) is 13.3. The van der Waals surface area contributed by atoms with Gasteiger partial charge in [0.15, 0.2) is 0 Å². The molecule has 0 aliphatic rings. The average Bonchev–Trinajstić information content (AvgIpc) is 2.55. The van der Waals surface area contributed by atoms with Gasteiger partial charge in [0, 0.05) is 11.6 Å². The fraction of sp³-hybridized carbons (Fsp3) is 0.167. The first-order chi connectivity index (χ1) is 11.4. The summed E-state index contributed by atoms with van der Waals surface area (Å²) in [7, 11) is 0. The molecule has 0 radical (unpaired) electrons. The summed E-state index contributed by atoms with van der Waals surface area (Å²) in [5.74, 6) is -2.09. The third-order valence-corrected chi connectivity index (χ3v) is 3.33. The predicted molar refractivity (Wildman–Crippen MR) is 88.6 cm³/mol. The van der Waals surface area contributed by atoms with Crippen molar-refractivity contribution in [3.05, 3.63) is 59.7 Å². The first kappa shape index (κ1) is 17.2. The summed E-state index contributed by atoms with van der Waals surface area (Å²) in [5.41, 5.74) is 1.20. The van der Waals surface area contributed by atoms with Gasteiger partial charge in [-0.2, -0.15) is 0 Å². The molecule has 0 aliphatic heterocycles. The van der Waals surface area contributed by atoms with Crippen molar-refractivity contribution in [2.24, 2.45) is 5.92 Å². The summed E-state index contributed by atoms with van der Waals surface area (Å²) < 4.78 is 0. The number of carbonyl (C=O) groups excluding carboxylic acids is 3. The molecule has 0 atom stereocenters. The highest BCUT2D eigenvalue weighted by molar-refractivity contribution is 6.10. The van der Waals surface area contributed by atoms with Crippen LogP contribution in [-0.4, -0.2) is 17.8 Å². The van der Waals surface area contributed by atoms with E-state index in [-0.39, 0.29) is 17.4 Å². The van der Waals surface area contributed by atoms with Crippen molar-refractivity contribution in [1.29, 1.82) is 0 Å². The van der Waals surface area contributed by atoms with E-state index in [1.807, 2.05) is 0 Å². The predicted octanol–water partition coefficient (Wildman–Crippen LogP) is 1.90. The lowest BCUT2D eigenvalue weighted by atomic mass is 10.1. The number of carboxylic acids is 1. The lowest BCUT2D eigenvalue weighted by Crippen LogP contribution is -2.22. The number of nitrogens with one attached hydrogen (secondary N) is 2. The highest BCUT2D eigenvalue weighted by Crippen LogP contribution is 2.18. The lowest BCUT2D eigenvalue weighted by Gasteiger charge is -2.13. The molecule has 0 saturated heterocycles. The molecule has 0 aromatic heterocycles. The van der Waals surface area contributed by atoms with Gasteiger partial charge < -0.3 is 20.5 Å². The minimum atomic E-state index is -1.28. The Bertz CT molecular complexity index is 767. The quantitative estimate of drug-likeness (QED) is 0.877. The molecular weight excluding hydrogens is 308 g/mol. The molecule has 0 fully saturated rings. The lowest BCUT2D eigenvalue weighted by molar-refractivity contribution is -0.255. The molecule has 0 unspecified atom stereocenters. The molecule has 6 heteroatoms. The number of anilines is 2. The van der Waals surface area contributed by atoms with Crippen LogP contribution in [0.4, 0.5) is 11.4 Å². The zero-order chi connectivity index (χ0) is 17.7. The topological polar surface area (TPSA) is 98.3 Å². The zero-order valence-corrected chi connectivity index (χ0v) is 13.3. The molecule has 2 N–H and O–H groups in total. The molecule has 24 heavy (non-hydrogen) atoms. The van der Waals surface area contributed by atoms with E-state index in [0.29, 0.717) is 16.9 Å². The van der Waals surface area contributed by atoms with Crippen LogP contribution >= 0.6 is 0 Å². The van der Waals surface area contributed by atoms with Gasteiger partial charge in [-0.1, -0.05) is 38.1 Å². The second-order valence-corrected chi connectivity index (χ2v) is 5.51. The summed E-state index contributed by atoms with van der Waals surface area (Å²) in [6, 6.07) is 12.3. The number of carbonyl (C=O) groups is 3. The van der Waals surface area contributed by atoms with Gasteiger partial charge in [0.25, 0.3) is 5.91 Å². The van der Waals surface area contributed by atoms with Crippen molar-refractivity contribution in [2.45, 2.75) is 13.8 Å². The monoisotopic (exact) mass is 325 g/mol. The van der Waals surface area contributed by atoms with Gasteiger partial charge in [-0.25, -0.2) is 0 Å². The molecule has 2 aromatic rings. The summed E-state index contributed by atoms with van der Waals surface area (Å²) in [4.78, 5) is 35.0. The summed E-state index contributed by atoms with van der Waals surface area (Å²) in [6.07, 6.45) is 0. The normalized spacial score (nSPS) is 10.3. The summed E-state index contributed by atoms with van der Waals surface area (Å²) >= 11 is 0. The second-order valence-electron chi connectivity index (χ2n) is 5.51. The van der Waals surface area contributed by atoms with Gasteiger partial charge in [-0.3, -0.25) is 9.59 Å². The fourth-order valence-corrected chi connectivity index (χ4v) is 1.96. The number of hydrogen-bond acceptors (Lipinski definition) is 4. The Kier molecular flexibility index (Phi) is 5.31. The van der Waals surface area contributed by atoms with Crippen LogP contribution in [0.3, 0.4) is 0 Å². The molecule has 6 nitrogen and oxygen atoms in total. The minimum Gasteiger partial charge on any atom is -0.545 e. The van der Waals surface area contributed by atoms with E-state index in [0.717, 1.165) is 0 Å². The number of rotatable bonds is 5. The maximum atomic E-state index is 12.4. The van der Waals surface area contributed by atoms with E-state index in [1.54, 1.807) is 38.1 Å². The third-order valence-electron chi connectivity index (χ3n) is 3.33. The van der Waals surface area contributed by atoms with E-state index in [1.165, 1.54) is 24.3 Å². The number of amides is 2. The van der Waals surface area contributed by atoms with Crippen LogP contribution in [0.25, 0.3) is 0 Å². The van der Waals surface area contributed by atoms with Crippen LogP contribution in [0.15, 0.2) is 48.5 Å². The Morgan fingerprint density at radius 3 is 2.12 bits per heavy atom. The molecule has 0 heterocycles. The standard InChI is InChI=1S/C18H18N2O4/c1-11(2)16(21)20-15-6-4-3-5-14(15)17(22)19-13-9-7-12(8-10-13)18(23)24/h3-11H,1-2H3,(H,19,22)(H,20,21)(H,23,24)/p-1. The van der Waals surface area contributed by atoms with E-state index >= 15 is 0 Å². The number of aromatic carboxylic acids is 1. The number of benzene rings is 2. The van der Waals surface area contributed by atoms with Crippen LogP contribution in [0, 0.1) is 5.92 Å². The molecule has 2 rings (SSSR count). The van der Waals surface area contributed by atoms with Gasteiger partial charge in [0.05, 0.1) is 17.2 Å². The molecule has 0 aliphatic carbocycles. The van der Waals surface area contributed by atoms with Crippen LogP contribution in [0.2, 0.25) is 0 Å². The molecule has 0 saturated carbocycles. The summed E-state index contributed by atoms with van der Waals surface area (Å²) in [6.45, 7) is 3.52. The van der Waals surface area contributed by atoms with Crippen molar-refractivity contribution >= 4 is 29.2 Å². The van der Waals surface area contributed by atoms with Gasteiger partial charge >= 0.3 is 0 Å². The Morgan fingerprint density at radius 2 is 1.54 bits per heavy atom. The summed E-state index contributed by atoms with van der Waals surface area (Å²) in [5, 5.41) is 16.1. The number of hydrogen-bond donors (Lipinski definition) is 2. The molecule has 124 valence electrons. The SMILES string of the molecule is CC(C)C(=O)Nc1ccccc1C(=O)Nc1ccc(C(=O)[O-])cc1. The third kappa shape index (κ3) is 4.19. The first-order valence-electron chi connectivity index (χ1n) is 7.41. The fourth-order valence-electron chi connectivity index (χ4n) is 1.96. The molecule has 0 spiro atoms.